The average molecular weight is 530 g/mol. The molecule has 0 radical (unpaired) electrons. The van der Waals surface area contributed by atoms with Crippen molar-refractivity contribution in [2.24, 2.45) is 10.6 Å². The molecule has 2 aliphatic carbocycles. The summed E-state index contributed by atoms with van der Waals surface area (Å²) in [7, 11) is 0. The Morgan fingerprint density at radius 3 is 2.46 bits per heavy atom. The fraction of sp³-hybridized carbons (Fsp3) is 0.724. The molecule has 8 heteroatoms. The number of oxime groups is 1. The van der Waals surface area contributed by atoms with E-state index in [1.807, 2.05) is 20.8 Å². The highest BCUT2D eigenvalue weighted by Gasteiger charge is 2.51. The second-order valence-corrected chi connectivity index (χ2v) is 12.4. The zero-order chi connectivity index (χ0) is 25.8. The van der Waals surface area contributed by atoms with Crippen molar-refractivity contribution in [2.45, 2.75) is 89.7 Å². The molecule has 0 aromatic heterocycles. The number of carbonyl (C=O) groups is 1. The Kier molecular flexibility index (Phi) is 6.59. The van der Waals surface area contributed by atoms with Crippen molar-refractivity contribution in [2.75, 3.05) is 39.4 Å². The molecule has 4 fully saturated rings. The minimum atomic E-state index is -0.397. The number of piperidine rings is 1. The monoisotopic (exact) mass is 529 g/mol. The number of hydrogen-bond acceptors (Lipinski definition) is 7. The number of hydrogen-bond donors (Lipinski definition) is 0. The summed E-state index contributed by atoms with van der Waals surface area (Å²) >= 11 is 7.01. The SMILES string of the molecule is CCOC(=O)C1(C)CCN(C2=NOC3(C2)CN(Cc2cc(C4CC4)c(C4CC4)c(Cl)c2OCC)C3)CC1. The molecular weight excluding hydrogens is 490 g/mol. The molecule has 0 N–H and O–H groups in total. The lowest BCUT2D eigenvalue weighted by molar-refractivity contribution is -0.156. The lowest BCUT2D eigenvalue weighted by atomic mass is 9.80. The topological polar surface area (TPSA) is 63.6 Å². The van der Waals surface area contributed by atoms with Gasteiger partial charge < -0.3 is 19.2 Å². The molecule has 5 aliphatic rings. The van der Waals surface area contributed by atoms with E-state index in [2.05, 4.69) is 21.0 Å². The van der Waals surface area contributed by atoms with Crippen LogP contribution < -0.4 is 4.74 Å². The van der Waals surface area contributed by atoms with Crippen LogP contribution in [0.2, 0.25) is 5.02 Å². The van der Waals surface area contributed by atoms with E-state index in [1.165, 1.54) is 42.4 Å². The number of rotatable bonds is 8. The smallest absolute Gasteiger partial charge is 0.311 e. The molecular formula is C29H40ClN3O4. The van der Waals surface area contributed by atoms with Gasteiger partial charge in [0, 0.05) is 38.3 Å². The van der Waals surface area contributed by atoms with Crippen LogP contribution in [-0.2, 0) is 20.9 Å². The third kappa shape index (κ3) is 4.82. The van der Waals surface area contributed by atoms with E-state index >= 15 is 0 Å². The highest BCUT2D eigenvalue weighted by molar-refractivity contribution is 6.33. The molecule has 1 aromatic carbocycles. The Labute approximate surface area is 225 Å². The number of carbonyl (C=O) groups excluding carboxylic acids is 1. The molecule has 1 spiro atoms. The summed E-state index contributed by atoms with van der Waals surface area (Å²) in [6.45, 7) is 11.1. The first kappa shape index (κ1) is 25.3. The lowest BCUT2D eigenvalue weighted by Crippen LogP contribution is -2.61. The lowest BCUT2D eigenvalue weighted by Gasteiger charge is -2.46. The summed E-state index contributed by atoms with van der Waals surface area (Å²) in [5.41, 5.74) is 3.42. The molecule has 6 rings (SSSR count). The Balaban J connectivity index is 1.08. The van der Waals surface area contributed by atoms with Crippen LogP contribution in [0.25, 0.3) is 0 Å². The van der Waals surface area contributed by atoms with E-state index in [0.29, 0.717) is 25.0 Å². The highest BCUT2D eigenvalue weighted by Crippen LogP contribution is 2.54. The fourth-order valence-corrected chi connectivity index (χ4v) is 6.83. The van der Waals surface area contributed by atoms with Crippen molar-refractivity contribution in [3.8, 4) is 5.75 Å². The van der Waals surface area contributed by atoms with Crippen molar-refractivity contribution < 1.29 is 19.1 Å². The maximum Gasteiger partial charge on any atom is 0.311 e. The quantitative estimate of drug-likeness (QED) is 0.417. The van der Waals surface area contributed by atoms with Crippen molar-refractivity contribution in [1.29, 1.82) is 0 Å². The van der Waals surface area contributed by atoms with Gasteiger partial charge in [-0.25, -0.2) is 0 Å². The van der Waals surface area contributed by atoms with Gasteiger partial charge in [-0.1, -0.05) is 22.8 Å². The van der Waals surface area contributed by atoms with E-state index < -0.39 is 5.41 Å². The molecule has 0 amide bonds. The van der Waals surface area contributed by atoms with E-state index in [1.54, 1.807) is 0 Å². The molecule has 0 bridgehead atoms. The largest absolute Gasteiger partial charge is 0.492 e. The molecule has 37 heavy (non-hydrogen) atoms. The van der Waals surface area contributed by atoms with E-state index in [0.717, 1.165) is 68.6 Å². The van der Waals surface area contributed by atoms with Crippen molar-refractivity contribution in [1.82, 2.24) is 9.80 Å². The van der Waals surface area contributed by atoms with Gasteiger partial charge >= 0.3 is 5.97 Å². The van der Waals surface area contributed by atoms with Crippen LogP contribution in [0.1, 0.15) is 94.2 Å². The maximum absolute atomic E-state index is 12.4. The van der Waals surface area contributed by atoms with Crippen LogP contribution in [-0.4, -0.2) is 66.6 Å². The summed E-state index contributed by atoms with van der Waals surface area (Å²) in [6.07, 6.45) is 7.44. The third-order valence-electron chi connectivity index (χ3n) is 8.90. The number of likely N-dealkylation sites (tertiary alicyclic amines) is 2. The number of nitrogens with zero attached hydrogens (tertiary/aromatic N) is 3. The number of halogens is 1. The third-order valence-corrected chi connectivity index (χ3v) is 9.28. The van der Waals surface area contributed by atoms with Gasteiger partial charge in [-0.3, -0.25) is 9.69 Å². The Morgan fingerprint density at radius 2 is 1.84 bits per heavy atom. The second kappa shape index (κ2) is 9.64. The highest BCUT2D eigenvalue weighted by atomic mass is 35.5. The Hall–Kier alpha value is -1.99. The number of amidine groups is 1. The second-order valence-electron chi connectivity index (χ2n) is 12.0. The van der Waals surface area contributed by atoms with Gasteiger partial charge in [-0.05, 0) is 82.3 Å². The predicted molar refractivity (Wildman–Crippen MR) is 143 cm³/mol. The first-order valence-electron chi connectivity index (χ1n) is 14.2. The van der Waals surface area contributed by atoms with Gasteiger partial charge in [0.2, 0.25) is 0 Å². The molecule has 3 aliphatic heterocycles. The molecule has 2 saturated heterocycles. The van der Waals surface area contributed by atoms with Gasteiger partial charge in [0.15, 0.2) is 5.60 Å². The number of esters is 1. The maximum atomic E-state index is 12.4. The van der Waals surface area contributed by atoms with Crippen LogP contribution in [0.15, 0.2) is 11.2 Å². The molecule has 3 heterocycles. The first-order chi connectivity index (χ1) is 17.8. The molecule has 202 valence electrons. The molecule has 1 aromatic rings. The van der Waals surface area contributed by atoms with Crippen LogP contribution in [0.4, 0.5) is 0 Å². The van der Waals surface area contributed by atoms with Gasteiger partial charge in [0.1, 0.15) is 11.6 Å². The first-order valence-corrected chi connectivity index (χ1v) is 14.6. The van der Waals surface area contributed by atoms with Crippen LogP contribution in [0, 0.1) is 5.41 Å². The number of ether oxygens (including phenoxy) is 2. The Morgan fingerprint density at radius 1 is 1.14 bits per heavy atom. The summed E-state index contributed by atoms with van der Waals surface area (Å²) in [6, 6.07) is 2.40. The zero-order valence-electron chi connectivity index (χ0n) is 22.5. The summed E-state index contributed by atoms with van der Waals surface area (Å²) < 4.78 is 11.4. The summed E-state index contributed by atoms with van der Waals surface area (Å²) in [4.78, 5) is 23.1. The minimum absolute atomic E-state index is 0.0769. The van der Waals surface area contributed by atoms with Gasteiger partial charge in [-0.15, -0.1) is 0 Å². The molecule has 0 unspecified atom stereocenters. The van der Waals surface area contributed by atoms with Crippen LogP contribution in [0.5, 0.6) is 5.75 Å². The number of benzene rings is 1. The molecule has 7 nitrogen and oxygen atoms in total. The van der Waals surface area contributed by atoms with Gasteiger partial charge in [0.05, 0.1) is 30.1 Å². The normalized spacial score (nSPS) is 24.4. The summed E-state index contributed by atoms with van der Waals surface area (Å²) in [5, 5.41) is 5.37. The van der Waals surface area contributed by atoms with Crippen LogP contribution in [0.3, 0.4) is 0 Å². The van der Waals surface area contributed by atoms with E-state index in [9.17, 15) is 4.79 Å². The Bertz CT molecular complexity index is 1080. The summed E-state index contributed by atoms with van der Waals surface area (Å²) in [5.74, 6) is 3.13. The van der Waals surface area contributed by atoms with Crippen LogP contribution >= 0.6 is 11.6 Å². The minimum Gasteiger partial charge on any atom is -0.492 e. The average Bonchev–Trinajstić information content (AvgIpc) is 3.79. The predicted octanol–water partition coefficient (Wildman–Crippen LogP) is 5.45. The van der Waals surface area contributed by atoms with Crippen molar-refractivity contribution in [3.05, 3.63) is 27.8 Å². The fourth-order valence-electron chi connectivity index (χ4n) is 6.39. The van der Waals surface area contributed by atoms with Gasteiger partial charge in [0.25, 0.3) is 0 Å². The van der Waals surface area contributed by atoms with Crippen molar-refractivity contribution >= 4 is 23.4 Å². The van der Waals surface area contributed by atoms with Crippen molar-refractivity contribution in [3.63, 3.8) is 0 Å². The van der Waals surface area contributed by atoms with Gasteiger partial charge in [-0.2, -0.15) is 0 Å². The standard InChI is InChI=1S/C29H40ClN3O4/c1-4-35-26-21(14-22(19-6-7-19)24(25(26)30)20-8-9-20)16-32-17-29(18-32)15-23(31-37-29)33-12-10-28(3,11-13-33)27(34)36-5-2/h14,19-20H,4-13,15-18H2,1-3H3. The zero-order valence-corrected chi connectivity index (χ0v) is 23.2. The molecule has 2 saturated carbocycles. The molecule has 0 atom stereocenters. The van der Waals surface area contributed by atoms with E-state index in [-0.39, 0.29) is 11.6 Å². The van der Waals surface area contributed by atoms with E-state index in [4.69, 9.17) is 25.9 Å².